The van der Waals surface area contributed by atoms with Crippen molar-refractivity contribution in [2.45, 2.75) is 62.4 Å². The van der Waals surface area contributed by atoms with Crippen molar-refractivity contribution in [3.8, 4) is 0 Å². The molecule has 0 aliphatic carbocycles. The van der Waals surface area contributed by atoms with E-state index < -0.39 is 195 Å². The van der Waals surface area contributed by atoms with Crippen LogP contribution in [-0.4, -0.2) is 28.6 Å². The summed E-state index contributed by atoms with van der Waals surface area (Å²) in [6, 6.07) is 0.412. The first kappa shape index (κ1) is 60.8. The van der Waals surface area contributed by atoms with Crippen molar-refractivity contribution in [3.63, 3.8) is 0 Å². The van der Waals surface area contributed by atoms with Gasteiger partial charge in [0.2, 0.25) is 12.3 Å². The van der Waals surface area contributed by atoms with E-state index in [0.717, 1.165) is 5.69 Å². The van der Waals surface area contributed by atoms with Crippen molar-refractivity contribution in [1.82, 2.24) is 4.98 Å². The molecule has 0 spiro atoms. The molecule has 0 fully saturated rings. The Hall–Kier alpha value is -7.07. The highest BCUT2D eigenvalue weighted by atomic mass is 19.4. The van der Waals surface area contributed by atoms with Gasteiger partial charge >= 0.3 is 49.4 Å². The van der Waals surface area contributed by atoms with E-state index in [1.165, 1.54) is 0 Å². The number of Topliss-reactive ketones (excluding diaryl/α,β-unsaturated/α-hetero) is 1. The lowest BCUT2D eigenvalue weighted by Crippen LogP contribution is -2.75. The smallest absolute Gasteiger partial charge is 0.396 e. The predicted molar refractivity (Wildman–Crippen MR) is 226 cm³/mol. The van der Waals surface area contributed by atoms with Gasteiger partial charge in [-0.15, -0.1) is 0 Å². The highest BCUT2D eigenvalue weighted by molar-refractivity contribution is 7.20. The number of alkyl halides is 24. The number of aliphatic hydroxyl groups is 1. The zero-order valence-corrected chi connectivity index (χ0v) is 37.7. The summed E-state index contributed by atoms with van der Waals surface area (Å²) in [6.45, 7) is 0.406. The molecule has 5 aromatic carbocycles. The van der Waals surface area contributed by atoms with Crippen molar-refractivity contribution < 1.29 is 120 Å². The Morgan fingerprint density at radius 1 is 0.455 bits per heavy atom. The van der Waals surface area contributed by atoms with E-state index in [2.05, 4.69) is 4.98 Å². The van der Waals surface area contributed by atoms with Crippen LogP contribution in [0.1, 0.15) is 67.0 Å². The number of carbonyl (C=O) groups excluding carboxylic acids is 1. The van der Waals surface area contributed by atoms with Crippen LogP contribution < -0.4 is 26.4 Å². The van der Waals surface area contributed by atoms with Crippen molar-refractivity contribution in [2.75, 3.05) is 6.61 Å². The van der Waals surface area contributed by atoms with E-state index in [0.29, 0.717) is 12.0 Å². The van der Waals surface area contributed by atoms with Crippen LogP contribution in [-0.2, 0) is 56.0 Å². The molecule has 0 radical (unpaired) electrons. The quantitative estimate of drug-likeness (QED) is 0.0644. The van der Waals surface area contributed by atoms with Crippen LogP contribution in [0.15, 0.2) is 128 Å². The van der Waals surface area contributed by atoms with Crippen LogP contribution in [0.25, 0.3) is 6.08 Å². The number of aromatic nitrogens is 2. The summed E-state index contributed by atoms with van der Waals surface area (Å²) < 4.78 is 343. The second-order valence-electron chi connectivity index (χ2n) is 16.6. The van der Waals surface area contributed by atoms with Crippen molar-refractivity contribution in [3.05, 3.63) is 184 Å². The van der Waals surface area contributed by atoms with E-state index in [-0.39, 0.29) is 18.9 Å². The third-order valence-electron chi connectivity index (χ3n) is 11.2. The maximum absolute atomic E-state index is 14.2. The van der Waals surface area contributed by atoms with E-state index in [4.69, 9.17) is 5.11 Å². The number of hydrogen-bond donors (Lipinski definition) is 1. The average molecular weight is 1130 g/mol. The zero-order valence-electron chi connectivity index (χ0n) is 37.7. The van der Waals surface area contributed by atoms with Crippen LogP contribution in [0, 0.1) is 0 Å². The monoisotopic (exact) mass is 1130 g/mol. The largest absolute Gasteiger partial charge is 0.416 e. The molecular weight excluding hydrogens is 1100 g/mol. The summed E-state index contributed by atoms with van der Waals surface area (Å²) in [4.78, 5) is 16.3. The topological polar surface area (TPSA) is 54.1 Å². The number of rotatable bonds is 10. The zero-order chi connectivity index (χ0) is 58.1. The molecule has 0 aliphatic rings. The van der Waals surface area contributed by atoms with Gasteiger partial charge in [-0.05, 0) is 36.8 Å². The molecule has 1 aromatic heterocycles. The molecule has 0 atom stereocenters. The van der Waals surface area contributed by atoms with Gasteiger partial charge in [-0.3, -0.25) is 4.79 Å². The Balaban J connectivity index is 0.000000455. The van der Waals surface area contributed by atoms with Crippen molar-refractivity contribution in [1.29, 1.82) is 0 Å². The van der Waals surface area contributed by atoms with Gasteiger partial charge in [0.25, 0.3) is 0 Å². The number of ketones is 1. The molecule has 0 bridgehead atoms. The van der Waals surface area contributed by atoms with E-state index >= 15 is 0 Å². The Morgan fingerprint density at radius 2 is 0.740 bits per heavy atom. The lowest BCUT2D eigenvalue weighted by molar-refractivity contribution is -0.683. The van der Waals surface area contributed by atoms with Crippen LogP contribution in [0.2, 0.25) is 0 Å². The first-order valence-electron chi connectivity index (χ1n) is 21.1. The first-order valence-corrected chi connectivity index (χ1v) is 21.1. The molecule has 1 heterocycles. The lowest BCUT2D eigenvalue weighted by Gasteiger charge is -2.46. The molecule has 4 nitrogen and oxygen atoms in total. The standard InChI is InChI=1S/C32H12BF24.C16H17N2O2/c34-25(35,36)13-1-14(26(37,38)39)6-21(5-13)33(22-7-15(27(40,41)42)2-16(8-22)28(43,44)45,23-9-17(29(46,47)48)3-18(10-23)30(49,50)51)24-11-19(31(52,53)54)4-20(12-24)32(55,56)57;19-11-5-4-8-15-12-18(10-9-17-15)13-16(20)14-6-2-1-3-7-14/h1-12H;1-4,6-10,12,19H,5,11,13H2/q-1;+1. The Labute approximate surface area is 416 Å². The summed E-state index contributed by atoms with van der Waals surface area (Å²) in [5.74, 6) is 0.0621. The van der Waals surface area contributed by atoms with Gasteiger partial charge < -0.3 is 5.11 Å². The third kappa shape index (κ3) is 14.9. The molecular formula is C48H29BF24N2O2. The molecule has 0 aliphatic heterocycles. The number of carbonyl (C=O) groups is 1. The summed E-state index contributed by atoms with van der Waals surface area (Å²) in [7, 11) is 0. The highest BCUT2D eigenvalue weighted by Gasteiger charge is 2.47. The SMILES string of the molecule is FC(F)(F)c1cc([B-](c2cc(C(F)(F)F)cc(C(F)(F)F)c2)(c2cc(C(F)(F)F)cc(C(F)(F)F)c2)c2cc(C(F)(F)F)cc(C(F)(F)F)c2)cc(C(F)(F)F)c1.O=C(C[n+]1ccnc(C=CCCO)c1)c1ccccc1. The number of aliphatic hydroxyl groups excluding tert-OH is 1. The minimum absolute atomic E-state index is 0.0621. The predicted octanol–water partition coefficient (Wildman–Crippen LogP) is 12.9. The average Bonchev–Trinajstić information content (AvgIpc) is 3.30. The van der Waals surface area contributed by atoms with Crippen LogP contribution in [0.3, 0.4) is 0 Å². The fourth-order valence-corrected chi connectivity index (χ4v) is 7.87. The molecule has 6 aromatic rings. The maximum Gasteiger partial charge on any atom is 0.416 e. The van der Waals surface area contributed by atoms with Gasteiger partial charge in [-0.1, -0.05) is 84.9 Å². The molecule has 0 saturated carbocycles. The summed E-state index contributed by atoms with van der Waals surface area (Å²) in [6.07, 6.45) is -45.3. The molecule has 0 unspecified atom stereocenters. The minimum Gasteiger partial charge on any atom is -0.396 e. The fraction of sp³-hybridized carbons (Fsp3) is 0.229. The second-order valence-corrected chi connectivity index (χ2v) is 16.6. The number of nitrogens with zero attached hydrogens (tertiary/aromatic N) is 2. The number of hydrogen-bond acceptors (Lipinski definition) is 3. The molecule has 77 heavy (non-hydrogen) atoms. The molecule has 1 N–H and O–H groups in total. The summed E-state index contributed by atoms with van der Waals surface area (Å²) in [5, 5.41) is 8.72. The first-order chi connectivity index (χ1) is 35.1. The van der Waals surface area contributed by atoms with Gasteiger partial charge in [0.05, 0.1) is 50.7 Å². The maximum atomic E-state index is 14.2. The number of benzene rings is 5. The third-order valence-corrected chi connectivity index (χ3v) is 11.2. The normalized spacial score (nSPS) is 13.4. The van der Waals surface area contributed by atoms with Crippen molar-refractivity contribution >= 4 is 39.9 Å². The lowest BCUT2D eigenvalue weighted by atomic mass is 9.12. The second kappa shape index (κ2) is 21.8. The van der Waals surface area contributed by atoms with Crippen LogP contribution >= 0.6 is 0 Å². The van der Waals surface area contributed by atoms with Gasteiger partial charge in [-0.2, -0.15) is 132 Å². The van der Waals surface area contributed by atoms with Gasteiger partial charge in [0.15, 0.2) is 12.4 Å². The summed E-state index contributed by atoms with van der Waals surface area (Å²) in [5.41, 5.74) is -28.7. The Morgan fingerprint density at radius 3 is 1.00 bits per heavy atom. The van der Waals surface area contributed by atoms with E-state index in [1.54, 1.807) is 17.0 Å². The number of halogens is 24. The Bertz CT molecular complexity index is 2660. The van der Waals surface area contributed by atoms with E-state index in [9.17, 15) is 110 Å². The van der Waals surface area contributed by atoms with Crippen LogP contribution in [0.4, 0.5) is 105 Å². The molecule has 0 saturated heterocycles. The molecule has 414 valence electrons. The fourth-order valence-electron chi connectivity index (χ4n) is 7.87. The summed E-state index contributed by atoms with van der Waals surface area (Å²) >= 11 is 0. The molecule has 0 amide bonds. The minimum atomic E-state index is -6.13. The highest BCUT2D eigenvalue weighted by Crippen LogP contribution is 2.41. The van der Waals surface area contributed by atoms with Crippen LogP contribution in [0.5, 0.6) is 0 Å². The van der Waals surface area contributed by atoms with E-state index in [1.807, 2.05) is 48.7 Å². The van der Waals surface area contributed by atoms with Gasteiger partial charge in [-0.25, -0.2) is 4.98 Å². The van der Waals surface area contributed by atoms with Gasteiger partial charge in [0.1, 0.15) is 11.8 Å². The Kier molecular flexibility index (Phi) is 17.2. The van der Waals surface area contributed by atoms with Gasteiger partial charge in [0, 0.05) is 12.2 Å². The molecule has 6 rings (SSSR count). The van der Waals surface area contributed by atoms with Crippen molar-refractivity contribution in [2.24, 2.45) is 0 Å². The molecule has 29 heteroatoms.